The highest BCUT2D eigenvalue weighted by Gasteiger charge is 2.22. The van der Waals surface area contributed by atoms with Crippen molar-refractivity contribution >= 4 is 8.56 Å². The second-order valence-corrected chi connectivity index (χ2v) is 8.17. The molecule has 2 nitrogen and oxygen atoms in total. The van der Waals surface area contributed by atoms with Crippen LogP contribution in [0, 0.1) is 0 Å². The highest BCUT2D eigenvalue weighted by atomic mass is 28.4. The first-order chi connectivity index (χ1) is 8.12. The maximum Gasteiger partial charge on any atom is 0.331 e. The van der Waals surface area contributed by atoms with E-state index in [1.54, 1.807) is 0 Å². The first-order valence-corrected chi connectivity index (χ1v) is 9.87. The van der Waals surface area contributed by atoms with Crippen molar-refractivity contribution in [2.45, 2.75) is 65.5 Å². The van der Waals surface area contributed by atoms with E-state index in [2.05, 4.69) is 32.2 Å². The molecule has 0 radical (unpaired) electrons. The molecular formula is C14H30O2Si. The molecule has 0 aromatic heterocycles. The van der Waals surface area contributed by atoms with Gasteiger partial charge < -0.3 is 8.85 Å². The van der Waals surface area contributed by atoms with Crippen molar-refractivity contribution in [2.75, 3.05) is 13.2 Å². The maximum atomic E-state index is 5.80. The molecule has 0 N–H and O–H groups in total. The van der Waals surface area contributed by atoms with Gasteiger partial charge >= 0.3 is 8.56 Å². The van der Waals surface area contributed by atoms with Crippen LogP contribution in [0.5, 0.6) is 0 Å². The van der Waals surface area contributed by atoms with E-state index >= 15 is 0 Å². The minimum absolute atomic E-state index is 0.760. The Kier molecular flexibility index (Phi) is 10.9. The normalized spacial score (nSPS) is 12.5. The number of rotatable bonds is 11. The molecule has 0 rings (SSSR count). The summed E-state index contributed by atoms with van der Waals surface area (Å²) in [6.07, 6.45) is 12.0. The van der Waals surface area contributed by atoms with E-state index in [-0.39, 0.29) is 0 Å². The van der Waals surface area contributed by atoms with Crippen LogP contribution in [0.25, 0.3) is 0 Å². The zero-order valence-corrected chi connectivity index (χ0v) is 13.1. The summed E-state index contributed by atoms with van der Waals surface area (Å²) < 4.78 is 11.4. The van der Waals surface area contributed by atoms with Gasteiger partial charge in [0.2, 0.25) is 0 Å². The van der Waals surface area contributed by atoms with Gasteiger partial charge in [-0.15, -0.1) is 0 Å². The molecule has 102 valence electrons. The molecule has 0 aliphatic heterocycles. The third kappa shape index (κ3) is 12.1. The topological polar surface area (TPSA) is 18.5 Å². The van der Waals surface area contributed by atoms with Crippen molar-refractivity contribution in [1.82, 2.24) is 0 Å². The molecule has 17 heavy (non-hydrogen) atoms. The average Bonchev–Trinajstić information content (AvgIpc) is 2.27. The van der Waals surface area contributed by atoms with Crippen molar-refractivity contribution in [3.63, 3.8) is 0 Å². The van der Waals surface area contributed by atoms with Gasteiger partial charge in [-0.25, -0.2) is 0 Å². The van der Waals surface area contributed by atoms with Crippen LogP contribution in [-0.4, -0.2) is 21.8 Å². The minimum atomic E-state index is -1.81. The van der Waals surface area contributed by atoms with Crippen LogP contribution in [0.1, 0.15) is 52.4 Å². The number of hydrogen-bond acceptors (Lipinski definition) is 2. The fourth-order valence-corrected chi connectivity index (χ4v) is 3.07. The van der Waals surface area contributed by atoms with Crippen LogP contribution < -0.4 is 0 Å². The number of allylic oxidation sites excluding steroid dienone is 2. The lowest BCUT2D eigenvalue weighted by Crippen LogP contribution is -2.35. The van der Waals surface area contributed by atoms with Crippen molar-refractivity contribution in [1.29, 1.82) is 0 Å². The van der Waals surface area contributed by atoms with Crippen LogP contribution >= 0.6 is 0 Å². The van der Waals surface area contributed by atoms with Gasteiger partial charge in [-0.2, -0.15) is 0 Å². The summed E-state index contributed by atoms with van der Waals surface area (Å²) in [6, 6.07) is 0. The Balaban J connectivity index is 3.33. The second-order valence-electron chi connectivity index (χ2n) is 4.79. The molecule has 0 spiro atoms. The summed E-state index contributed by atoms with van der Waals surface area (Å²) in [7, 11) is -1.81. The van der Waals surface area contributed by atoms with Crippen molar-refractivity contribution in [3.05, 3.63) is 12.2 Å². The van der Waals surface area contributed by atoms with Crippen LogP contribution in [0.4, 0.5) is 0 Å². The molecule has 0 fully saturated rings. The van der Waals surface area contributed by atoms with Gasteiger partial charge in [-0.1, -0.05) is 31.9 Å². The molecule has 0 saturated heterocycles. The molecule has 0 saturated carbocycles. The van der Waals surface area contributed by atoms with E-state index < -0.39 is 8.56 Å². The Bertz CT molecular complexity index is 191. The lowest BCUT2D eigenvalue weighted by atomic mass is 10.2. The zero-order valence-electron chi connectivity index (χ0n) is 12.1. The minimum Gasteiger partial charge on any atom is -0.395 e. The molecule has 0 unspecified atom stereocenters. The SMILES string of the molecule is CCCCC/C=C/CCCO[Si](C)(C)OCC. The Morgan fingerprint density at radius 1 is 0.882 bits per heavy atom. The first kappa shape index (κ1) is 16.9. The fourth-order valence-electron chi connectivity index (χ4n) is 1.66. The van der Waals surface area contributed by atoms with E-state index in [4.69, 9.17) is 8.85 Å². The lowest BCUT2D eigenvalue weighted by Gasteiger charge is -2.21. The van der Waals surface area contributed by atoms with E-state index in [1.165, 1.54) is 25.7 Å². The summed E-state index contributed by atoms with van der Waals surface area (Å²) in [6.45, 7) is 10.1. The smallest absolute Gasteiger partial charge is 0.331 e. The van der Waals surface area contributed by atoms with Crippen LogP contribution in [-0.2, 0) is 8.85 Å². The molecule has 0 bridgehead atoms. The third-order valence-electron chi connectivity index (χ3n) is 2.60. The molecule has 0 atom stereocenters. The van der Waals surface area contributed by atoms with Gasteiger partial charge in [0, 0.05) is 13.2 Å². The number of hydrogen-bond donors (Lipinski definition) is 0. The average molecular weight is 258 g/mol. The summed E-state index contributed by atoms with van der Waals surface area (Å²) in [5, 5.41) is 0. The molecular weight excluding hydrogens is 228 g/mol. The van der Waals surface area contributed by atoms with Gasteiger partial charge in [0.15, 0.2) is 0 Å². The molecule has 0 amide bonds. The second kappa shape index (κ2) is 11.0. The monoisotopic (exact) mass is 258 g/mol. The zero-order chi connectivity index (χ0) is 13.0. The van der Waals surface area contributed by atoms with Crippen molar-refractivity contribution < 1.29 is 8.85 Å². The highest BCUT2D eigenvalue weighted by molar-refractivity contribution is 6.64. The Labute approximate surface area is 109 Å². The standard InChI is InChI=1S/C14H30O2Si/c1-5-7-8-9-10-11-12-13-14-16-17(3,4)15-6-2/h10-11H,5-9,12-14H2,1-4H3/b11-10+. The predicted molar refractivity (Wildman–Crippen MR) is 77.6 cm³/mol. The van der Waals surface area contributed by atoms with E-state index in [0.29, 0.717) is 0 Å². The Morgan fingerprint density at radius 3 is 2.12 bits per heavy atom. The molecule has 0 aromatic carbocycles. The van der Waals surface area contributed by atoms with Crippen molar-refractivity contribution in [3.8, 4) is 0 Å². The fraction of sp³-hybridized carbons (Fsp3) is 0.857. The summed E-state index contributed by atoms with van der Waals surface area (Å²) in [5.74, 6) is 0. The molecule has 0 aromatic rings. The van der Waals surface area contributed by atoms with Gasteiger partial charge in [0.1, 0.15) is 0 Å². The largest absolute Gasteiger partial charge is 0.395 e. The highest BCUT2D eigenvalue weighted by Crippen LogP contribution is 2.07. The summed E-state index contributed by atoms with van der Waals surface area (Å²) >= 11 is 0. The van der Waals surface area contributed by atoms with Crippen LogP contribution in [0.15, 0.2) is 12.2 Å². The number of unbranched alkanes of at least 4 members (excludes halogenated alkanes) is 4. The van der Waals surface area contributed by atoms with E-state index in [0.717, 1.165) is 26.1 Å². The van der Waals surface area contributed by atoms with E-state index in [1.807, 2.05) is 6.92 Å². The third-order valence-corrected chi connectivity index (χ3v) is 4.48. The van der Waals surface area contributed by atoms with Gasteiger partial charge in [0.25, 0.3) is 0 Å². The van der Waals surface area contributed by atoms with Crippen LogP contribution in [0.2, 0.25) is 13.1 Å². The molecule has 0 aliphatic rings. The molecule has 0 aliphatic carbocycles. The lowest BCUT2D eigenvalue weighted by molar-refractivity contribution is 0.185. The van der Waals surface area contributed by atoms with Gasteiger partial charge in [-0.3, -0.25) is 0 Å². The van der Waals surface area contributed by atoms with Gasteiger partial charge in [-0.05, 0) is 45.7 Å². The van der Waals surface area contributed by atoms with Crippen LogP contribution in [0.3, 0.4) is 0 Å². The Hall–Kier alpha value is -0.123. The summed E-state index contributed by atoms with van der Waals surface area (Å²) in [5.41, 5.74) is 0. The maximum absolute atomic E-state index is 5.80. The van der Waals surface area contributed by atoms with E-state index in [9.17, 15) is 0 Å². The Morgan fingerprint density at radius 2 is 1.53 bits per heavy atom. The quantitative estimate of drug-likeness (QED) is 0.305. The van der Waals surface area contributed by atoms with Gasteiger partial charge in [0.05, 0.1) is 0 Å². The molecule has 3 heteroatoms. The predicted octanol–water partition coefficient (Wildman–Crippen LogP) is 4.66. The summed E-state index contributed by atoms with van der Waals surface area (Å²) in [4.78, 5) is 0. The first-order valence-electron chi connectivity index (χ1n) is 7.05. The van der Waals surface area contributed by atoms with Crippen molar-refractivity contribution in [2.24, 2.45) is 0 Å². The molecule has 0 heterocycles.